The number of benzene rings is 1. The summed E-state index contributed by atoms with van der Waals surface area (Å²) in [6, 6.07) is 7.35. The topological polar surface area (TPSA) is 47.4 Å². The van der Waals surface area contributed by atoms with Gasteiger partial charge in [-0.3, -0.25) is 9.48 Å². The summed E-state index contributed by atoms with van der Waals surface area (Å²) < 4.78 is 7.20. The van der Waals surface area contributed by atoms with Gasteiger partial charge in [-0.2, -0.15) is 5.10 Å². The number of thioether (sulfide) groups is 1. The zero-order chi connectivity index (χ0) is 17.3. The van der Waals surface area contributed by atoms with Crippen molar-refractivity contribution < 1.29 is 9.53 Å². The number of nitrogens with zero attached hydrogens (tertiary/aromatic N) is 3. The molecular weight excluding hydrogens is 322 g/mol. The van der Waals surface area contributed by atoms with Crippen molar-refractivity contribution >= 4 is 23.7 Å². The van der Waals surface area contributed by atoms with E-state index in [2.05, 4.69) is 11.2 Å². The molecule has 1 saturated heterocycles. The molecule has 2 heterocycles. The van der Waals surface area contributed by atoms with Crippen molar-refractivity contribution in [3.63, 3.8) is 0 Å². The highest BCUT2D eigenvalue weighted by atomic mass is 32.2. The van der Waals surface area contributed by atoms with Crippen LogP contribution >= 0.6 is 11.8 Å². The summed E-state index contributed by atoms with van der Waals surface area (Å²) >= 11 is 1.70. The maximum Gasteiger partial charge on any atom is 0.262 e. The monoisotopic (exact) mass is 343 g/mol. The van der Waals surface area contributed by atoms with Gasteiger partial charge in [-0.25, -0.2) is 0 Å². The van der Waals surface area contributed by atoms with Crippen LogP contribution in [-0.2, 0) is 7.05 Å². The summed E-state index contributed by atoms with van der Waals surface area (Å²) in [6.45, 7) is 4.73. The maximum atomic E-state index is 13.0. The lowest BCUT2D eigenvalue weighted by Crippen LogP contribution is -2.27. The predicted molar refractivity (Wildman–Crippen MR) is 97.1 cm³/mol. The first-order valence-electron chi connectivity index (χ1n) is 7.82. The fraction of sp³-hybridized carbons (Fsp3) is 0.333. The molecule has 1 amide bonds. The van der Waals surface area contributed by atoms with Gasteiger partial charge in [0.2, 0.25) is 0 Å². The molecule has 0 spiro atoms. The van der Waals surface area contributed by atoms with E-state index in [0.717, 1.165) is 27.7 Å². The molecule has 0 N–H and O–H groups in total. The average molecular weight is 343 g/mol. The van der Waals surface area contributed by atoms with Crippen molar-refractivity contribution in [1.82, 2.24) is 14.7 Å². The number of hydrogen-bond donors (Lipinski definition) is 0. The van der Waals surface area contributed by atoms with Crippen LogP contribution in [0.25, 0.3) is 6.08 Å². The van der Waals surface area contributed by atoms with E-state index in [0.29, 0.717) is 17.9 Å². The van der Waals surface area contributed by atoms with E-state index >= 15 is 0 Å². The quantitative estimate of drug-likeness (QED) is 0.858. The van der Waals surface area contributed by atoms with Crippen LogP contribution in [0.2, 0.25) is 0 Å². The van der Waals surface area contributed by atoms with Crippen LogP contribution in [0.4, 0.5) is 0 Å². The predicted octanol–water partition coefficient (Wildman–Crippen LogP) is 3.23. The number of aryl methyl sites for hydroxylation is 2. The molecule has 0 atom stereocenters. The Hall–Kier alpha value is -2.21. The van der Waals surface area contributed by atoms with Gasteiger partial charge in [0.1, 0.15) is 5.75 Å². The molecule has 24 heavy (non-hydrogen) atoms. The Bertz CT molecular complexity index is 811. The van der Waals surface area contributed by atoms with Crippen LogP contribution in [0.5, 0.6) is 5.75 Å². The van der Waals surface area contributed by atoms with Crippen molar-refractivity contribution in [2.45, 2.75) is 13.8 Å². The number of aromatic nitrogens is 2. The Morgan fingerprint density at radius 3 is 2.75 bits per heavy atom. The number of ether oxygens (including phenoxy) is 1. The zero-order valence-electron chi connectivity index (χ0n) is 14.4. The largest absolute Gasteiger partial charge is 0.496 e. The fourth-order valence-corrected chi connectivity index (χ4v) is 3.85. The van der Waals surface area contributed by atoms with Gasteiger partial charge in [-0.1, -0.05) is 12.1 Å². The Morgan fingerprint density at radius 2 is 2.08 bits per heavy atom. The molecule has 2 aromatic rings. The summed E-state index contributed by atoms with van der Waals surface area (Å²) in [6.07, 6.45) is 2.07. The molecule has 1 aromatic heterocycles. The molecular formula is C18H21N3O2S. The lowest BCUT2D eigenvalue weighted by Gasteiger charge is -2.18. The van der Waals surface area contributed by atoms with E-state index in [1.165, 1.54) is 0 Å². The first kappa shape index (κ1) is 16.6. The third kappa shape index (κ3) is 2.94. The Labute approximate surface area is 146 Å². The summed E-state index contributed by atoms with van der Waals surface area (Å²) in [4.78, 5) is 14.8. The first-order valence-corrected chi connectivity index (χ1v) is 8.81. The van der Waals surface area contributed by atoms with Crippen LogP contribution in [-0.4, -0.2) is 40.0 Å². The van der Waals surface area contributed by atoms with Gasteiger partial charge in [0.25, 0.3) is 5.91 Å². The van der Waals surface area contributed by atoms with Gasteiger partial charge in [-0.05, 0) is 32.1 Å². The smallest absolute Gasteiger partial charge is 0.262 e. The summed E-state index contributed by atoms with van der Waals surface area (Å²) in [5.74, 6) is 1.47. The highest BCUT2D eigenvalue weighted by Crippen LogP contribution is 2.33. The van der Waals surface area contributed by atoms with Crippen LogP contribution < -0.4 is 4.74 Å². The van der Waals surface area contributed by atoms with Gasteiger partial charge in [0.05, 0.1) is 23.4 Å². The molecule has 0 aliphatic carbocycles. The van der Waals surface area contributed by atoms with Crippen molar-refractivity contribution in [3.05, 3.63) is 51.8 Å². The molecule has 126 valence electrons. The number of amides is 1. The van der Waals surface area contributed by atoms with E-state index in [4.69, 9.17) is 4.74 Å². The molecule has 5 nitrogen and oxygen atoms in total. The molecule has 0 bridgehead atoms. The average Bonchev–Trinajstić information content (AvgIpc) is 3.14. The van der Waals surface area contributed by atoms with Crippen LogP contribution in [0.3, 0.4) is 0 Å². The van der Waals surface area contributed by atoms with E-state index in [-0.39, 0.29) is 5.91 Å². The minimum atomic E-state index is -0.0251. The van der Waals surface area contributed by atoms with Crippen LogP contribution in [0, 0.1) is 13.8 Å². The molecule has 0 radical (unpaired) electrons. The highest BCUT2D eigenvalue weighted by Gasteiger charge is 2.27. The second kappa shape index (κ2) is 6.73. The summed E-state index contributed by atoms with van der Waals surface area (Å²) in [7, 11) is 3.52. The second-order valence-corrected chi connectivity index (χ2v) is 6.81. The van der Waals surface area contributed by atoms with Crippen LogP contribution in [0.1, 0.15) is 27.3 Å². The van der Waals surface area contributed by atoms with E-state index < -0.39 is 0 Å². The maximum absolute atomic E-state index is 13.0. The van der Waals surface area contributed by atoms with E-state index in [9.17, 15) is 4.79 Å². The third-order valence-electron chi connectivity index (χ3n) is 4.25. The standard InChI is InChI=1S/C18H21N3O2S/c1-12-15(13(2)20(3)19-12)11-17-21(9-10-24-17)18(22)14-7-5-6-8-16(14)23-4/h5-8,11H,9-10H2,1-4H3/b17-11+. The van der Waals surface area contributed by atoms with Gasteiger partial charge < -0.3 is 9.64 Å². The molecule has 1 aliphatic rings. The number of rotatable bonds is 3. The number of carbonyl (C=O) groups is 1. The van der Waals surface area contributed by atoms with Gasteiger partial charge >= 0.3 is 0 Å². The van der Waals surface area contributed by atoms with Gasteiger partial charge in [-0.15, -0.1) is 11.8 Å². The lowest BCUT2D eigenvalue weighted by atomic mass is 10.1. The third-order valence-corrected chi connectivity index (χ3v) is 5.27. The molecule has 1 aromatic carbocycles. The molecule has 1 aliphatic heterocycles. The highest BCUT2D eigenvalue weighted by molar-refractivity contribution is 8.03. The van der Waals surface area contributed by atoms with Crippen LogP contribution in [0.15, 0.2) is 29.3 Å². The Kier molecular flexibility index (Phi) is 4.66. The first-order chi connectivity index (χ1) is 11.5. The number of para-hydroxylation sites is 1. The molecule has 1 fully saturated rings. The summed E-state index contributed by atoms with van der Waals surface area (Å²) in [5, 5.41) is 5.41. The van der Waals surface area contributed by atoms with Crippen molar-refractivity contribution in [2.24, 2.45) is 7.05 Å². The zero-order valence-corrected chi connectivity index (χ0v) is 15.2. The molecule has 0 unspecified atom stereocenters. The number of hydrogen-bond acceptors (Lipinski definition) is 4. The number of methoxy groups -OCH3 is 1. The van der Waals surface area contributed by atoms with Crippen molar-refractivity contribution in [2.75, 3.05) is 19.4 Å². The van der Waals surface area contributed by atoms with Crippen molar-refractivity contribution in [3.8, 4) is 5.75 Å². The van der Waals surface area contributed by atoms with Gasteiger partial charge in [0.15, 0.2) is 0 Å². The van der Waals surface area contributed by atoms with E-state index in [1.54, 1.807) is 18.9 Å². The molecule has 0 saturated carbocycles. The minimum Gasteiger partial charge on any atom is -0.496 e. The van der Waals surface area contributed by atoms with Crippen molar-refractivity contribution in [1.29, 1.82) is 0 Å². The van der Waals surface area contributed by atoms with E-state index in [1.807, 2.05) is 54.7 Å². The molecule has 6 heteroatoms. The summed E-state index contributed by atoms with van der Waals surface area (Å²) in [5.41, 5.74) is 3.74. The molecule has 3 rings (SSSR count). The normalized spacial score (nSPS) is 16.0. The lowest BCUT2D eigenvalue weighted by molar-refractivity contribution is 0.0827. The Balaban J connectivity index is 1.96. The number of carbonyl (C=O) groups excluding carboxylic acids is 1. The Morgan fingerprint density at radius 1 is 1.33 bits per heavy atom. The minimum absolute atomic E-state index is 0.0251. The fourth-order valence-electron chi connectivity index (χ4n) is 2.84. The van der Waals surface area contributed by atoms with Gasteiger partial charge in [0, 0.05) is 30.6 Å². The SMILES string of the molecule is COc1ccccc1C(=O)N1CCS/C1=C/c1c(C)nn(C)c1C. The second-order valence-electron chi connectivity index (χ2n) is 5.70.